The fourth-order valence-electron chi connectivity index (χ4n) is 2.20. The zero-order valence-electron chi connectivity index (χ0n) is 12.7. The zero-order chi connectivity index (χ0) is 16.5. The summed E-state index contributed by atoms with van der Waals surface area (Å²) in [5, 5.41) is 5.18. The van der Waals surface area contributed by atoms with Gasteiger partial charge in [-0.3, -0.25) is 0 Å². The molecule has 0 amide bonds. The number of fused-ring (bicyclic) bond motifs is 1. The summed E-state index contributed by atoms with van der Waals surface area (Å²) in [6, 6.07) is 13.3. The molecule has 120 valence electrons. The molecule has 24 heavy (non-hydrogen) atoms. The highest BCUT2D eigenvalue weighted by molar-refractivity contribution is 7.98. The van der Waals surface area contributed by atoms with Crippen LogP contribution in [0.2, 0.25) is 5.02 Å². The lowest BCUT2D eigenvalue weighted by molar-refractivity contribution is 0.391. The molecule has 0 aliphatic carbocycles. The molecular weight excluding hydrogens is 346 g/mol. The van der Waals surface area contributed by atoms with E-state index >= 15 is 0 Å². The lowest BCUT2D eigenvalue weighted by Gasteiger charge is -1.94. The second-order valence-electron chi connectivity index (χ2n) is 5.26. The molecule has 7 heteroatoms. The van der Waals surface area contributed by atoms with Crippen molar-refractivity contribution in [1.29, 1.82) is 0 Å². The predicted octanol–water partition coefficient (Wildman–Crippen LogP) is 5.13. The van der Waals surface area contributed by atoms with Crippen molar-refractivity contribution < 1.29 is 8.94 Å². The third kappa shape index (κ3) is 3.16. The van der Waals surface area contributed by atoms with Gasteiger partial charge in [-0.1, -0.05) is 58.3 Å². The fraction of sp³-hybridized carbons (Fsp3) is 0.118. The summed E-state index contributed by atoms with van der Waals surface area (Å²) in [7, 11) is 0. The molecule has 0 fully saturated rings. The highest BCUT2D eigenvalue weighted by Gasteiger charge is 2.12. The van der Waals surface area contributed by atoms with Gasteiger partial charge in [0.1, 0.15) is 5.52 Å². The summed E-state index contributed by atoms with van der Waals surface area (Å²) in [5.74, 6) is 1.59. The largest absolute Gasteiger partial charge is 0.431 e. The van der Waals surface area contributed by atoms with Crippen molar-refractivity contribution in [3.8, 4) is 11.4 Å². The minimum atomic E-state index is 0.486. The van der Waals surface area contributed by atoms with Gasteiger partial charge in [-0.2, -0.15) is 4.98 Å². The minimum absolute atomic E-state index is 0.486. The van der Waals surface area contributed by atoms with Crippen LogP contribution in [0.3, 0.4) is 0 Å². The molecule has 0 saturated carbocycles. The summed E-state index contributed by atoms with van der Waals surface area (Å²) in [5.41, 5.74) is 3.55. The van der Waals surface area contributed by atoms with Gasteiger partial charge in [-0.25, -0.2) is 4.98 Å². The topological polar surface area (TPSA) is 65.0 Å². The lowest BCUT2D eigenvalue weighted by Crippen LogP contribution is -1.83. The molecule has 0 bridgehead atoms. The average Bonchev–Trinajstić information content (AvgIpc) is 3.19. The number of benzene rings is 2. The molecule has 4 aromatic rings. The quantitative estimate of drug-likeness (QED) is 0.471. The Kier molecular flexibility index (Phi) is 4.00. The van der Waals surface area contributed by atoms with Gasteiger partial charge in [-0.15, -0.1) is 0 Å². The Balaban J connectivity index is 1.48. The van der Waals surface area contributed by atoms with Gasteiger partial charge < -0.3 is 8.94 Å². The third-order valence-electron chi connectivity index (χ3n) is 3.43. The van der Waals surface area contributed by atoms with E-state index in [2.05, 4.69) is 15.1 Å². The van der Waals surface area contributed by atoms with E-state index in [1.54, 1.807) is 12.1 Å². The maximum Gasteiger partial charge on any atom is 0.257 e. The molecule has 0 spiro atoms. The van der Waals surface area contributed by atoms with Crippen LogP contribution in [0.1, 0.15) is 11.5 Å². The second-order valence-corrected chi connectivity index (χ2v) is 6.62. The smallest absolute Gasteiger partial charge is 0.257 e. The van der Waals surface area contributed by atoms with Crippen molar-refractivity contribution in [3.63, 3.8) is 0 Å². The number of hydrogen-bond donors (Lipinski definition) is 0. The fourth-order valence-corrected chi connectivity index (χ4v) is 3.03. The number of oxazole rings is 1. The number of halogens is 1. The third-order valence-corrected chi connectivity index (χ3v) is 4.48. The molecule has 0 aliphatic heterocycles. The van der Waals surface area contributed by atoms with Crippen molar-refractivity contribution in [1.82, 2.24) is 15.1 Å². The highest BCUT2D eigenvalue weighted by atomic mass is 35.5. The first-order valence-electron chi connectivity index (χ1n) is 7.26. The van der Waals surface area contributed by atoms with Gasteiger partial charge in [0.25, 0.3) is 5.22 Å². The van der Waals surface area contributed by atoms with Crippen LogP contribution in [-0.2, 0) is 5.75 Å². The van der Waals surface area contributed by atoms with E-state index in [0.29, 0.717) is 33.3 Å². The SMILES string of the molecule is Cc1ccc(-c2noc(CSc3nc4ccc(Cl)cc4o3)n2)cc1. The first kappa shape index (κ1) is 15.2. The highest BCUT2D eigenvalue weighted by Crippen LogP contribution is 2.28. The van der Waals surface area contributed by atoms with Crippen LogP contribution < -0.4 is 0 Å². The molecule has 0 radical (unpaired) electrons. The summed E-state index contributed by atoms with van der Waals surface area (Å²) >= 11 is 7.34. The molecule has 2 aromatic carbocycles. The van der Waals surface area contributed by atoms with Crippen LogP contribution in [0.4, 0.5) is 0 Å². The van der Waals surface area contributed by atoms with E-state index in [0.717, 1.165) is 11.1 Å². The Morgan fingerprint density at radius 1 is 1.08 bits per heavy atom. The van der Waals surface area contributed by atoms with E-state index in [4.69, 9.17) is 20.5 Å². The number of hydrogen-bond acceptors (Lipinski definition) is 6. The minimum Gasteiger partial charge on any atom is -0.431 e. The van der Waals surface area contributed by atoms with Crippen LogP contribution in [0.15, 0.2) is 56.6 Å². The van der Waals surface area contributed by atoms with Crippen LogP contribution >= 0.6 is 23.4 Å². The Morgan fingerprint density at radius 3 is 2.75 bits per heavy atom. The van der Waals surface area contributed by atoms with Crippen LogP contribution in [0.5, 0.6) is 0 Å². The van der Waals surface area contributed by atoms with Crippen molar-refractivity contribution in [2.45, 2.75) is 17.9 Å². The standard InChI is InChI=1S/C17H12ClN3O2S/c1-10-2-4-11(5-3-10)16-20-15(23-21-16)9-24-17-19-13-7-6-12(18)8-14(13)22-17/h2-8H,9H2,1H3. The van der Waals surface area contributed by atoms with E-state index in [1.807, 2.05) is 37.3 Å². The number of rotatable bonds is 4. The zero-order valence-corrected chi connectivity index (χ0v) is 14.3. The van der Waals surface area contributed by atoms with E-state index < -0.39 is 0 Å². The molecule has 0 atom stereocenters. The average molecular weight is 358 g/mol. The Hall–Kier alpha value is -2.31. The molecule has 5 nitrogen and oxygen atoms in total. The predicted molar refractivity (Wildman–Crippen MR) is 93.1 cm³/mol. The van der Waals surface area contributed by atoms with Crippen molar-refractivity contribution in [3.05, 3.63) is 58.9 Å². The molecule has 0 aliphatic rings. The van der Waals surface area contributed by atoms with E-state index in [1.165, 1.54) is 17.3 Å². The molecular formula is C17H12ClN3O2S. The van der Waals surface area contributed by atoms with Crippen LogP contribution in [0.25, 0.3) is 22.5 Å². The van der Waals surface area contributed by atoms with Crippen molar-refractivity contribution >= 4 is 34.5 Å². The van der Waals surface area contributed by atoms with E-state index in [9.17, 15) is 0 Å². The number of thioether (sulfide) groups is 1. The maximum absolute atomic E-state index is 5.94. The summed E-state index contributed by atoms with van der Waals surface area (Å²) in [6.45, 7) is 2.04. The summed E-state index contributed by atoms with van der Waals surface area (Å²) < 4.78 is 10.9. The van der Waals surface area contributed by atoms with E-state index in [-0.39, 0.29) is 0 Å². The van der Waals surface area contributed by atoms with Crippen LogP contribution in [0, 0.1) is 6.92 Å². The van der Waals surface area contributed by atoms with Gasteiger partial charge >= 0.3 is 0 Å². The van der Waals surface area contributed by atoms with Crippen molar-refractivity contribution in [2.75, 3.05) is 0 Å². The van der Waals surface area contributed by atoms with Crippen molar-refractivity contribution in [2.24, 2.45) is 0 Å². The molecule has 0 saturated heterocycles. The molecule has 4 rings (SSSR count). The first-order valence-corrected chi connectivity index (χ1v) is 8.62. The first-order chi connectivity index (χ1) is 11.7. The van der Waals surface area contributed by atoms with Gasteiger partial charge in [0.05, 0.1) is 5.75 Å². The summed E-state index contributed by atoms with van der Waals surface area (Å²) in [4.78, 5) is 8.80. The number of nitrogens with zero attached hydrogens (tertiary/aromatic N) is 3. The molecule has 2 aromatic heterocycles. The monoisotopic (exact) mass is 357 g/mol. The Bertz CT molecular complexity index is 995. The van der Waals surface area contributed by atoms with Crippen LogP contribution in [-0.4, -0.2) is 15.1 Å². The molecule has 0 unspecified atom stereocenters. The Morgan fingerprint density at radius 2 is 1.92 bits per heavy atom. The summed E-state index contributed by atoms with van der Waals surface area (Å²) in [6.07, 6.45) is 0. The molecule has 2 heterocycles. The van der Waals surface area contributed by atoms with Gasteiger partial charge in [0.2, 0.25) is 11.7 Å². The van der Waals surface area contributed by atoms with Gasteiger partial charge in [-0.05, 0) is 19.1 Å². The number of aromatic nitrogens is 3. The maximum atomic E-state index is 5.94. The lowest BCUT2D eigenvalue weighted by atomic mass is 10.1. The normalized spacial score (nSPS) is 11.2. The molecule has 0 N–H and O–H groups in total. The van der Waals surface area contributed by atoms with Gasteiger partial charge in [0.15, 0.2) is 5.58 Å². The Labute approximate surface area is 147 Å². The second kappa shape index (κ2) is 6.30. The van der Waals surface area contributed by atoms with Gasteiger partial charge in [0, 0.05) is 16.7 Å². The number of aryl methyl sites for hydroxylation is 1.